The number of nitrogens with one attached hydrogen (secondary N) is 2. The number of fused-ring (bicyclic) bond motifs is 1. The maximum absolute atomic E-state index is 12.8. The van der Waals surface area contributed by atoms with Gasteiger partial charge in [-0.25, -0.2) is 0 Å². The molecule has 0 bridgehead atoms. The van der Waals surface area contributed by atoms with E-state index >= 15 is 0 Å². The smallest absolute Gasteiger partial charge is 0.256 e. The summed E-state index contributed by atoms with van der Waals surface area (Å²) >= 11 is 6.16. The lowest BCUT2D eigenvalue weighted by atomic mass is 9.92. The van der Waals surface area contributed by atoms with E-state index in [0.717, 1.165) is 5.69 Å². The number of likely N-dealkylation sites (tertiary alicyclic amines) is 1. The number of amides is 2. The van der Waals surface area contributed by atoms with Gasteiger partial charge in [-0.2, -0.15) is 0 Å². The van der Waals surface area contributed by atoms with Crippen molar-refractivity contribution in [3.05, 3.63) is 58.6 Å². The van der Waals surface area contributed by atoms with Crippen molar-refractivity contribution in [3.8, 4) is 5.75 Å². The zero-order valence-electron chi connectivity index (χ0n) is 14.9. The average molecular weight is 386 g/mol. The molecule has 1 fully saturated rings. The fourth-order valence-electron chi connectivity index (χ4n) is 3.71. The highest BCUT2D eigenvalue weighted by Gasteiger charge is 2.41. The summed E-state index contributed by atoms with van der Waals surface area (Å²) in [6.45, 7) is 1.08. The van der Waals surface area contributed by atoms with E-state index in [2.05, 4.69) is 10.6 Å². The van der Waals surface area contributed by atoms with Gasteiger partial charge in [0.25, 0.3) is 11.8 Å². The third-order valence-corrected chi connectivity index (χ3v) is 5.50. The second-order valence-electron chi connectivity index (χ2n) is 6.85. The summed E-state index contributed by atoms with van der Waals surface area (Å²) in [7, 11) is 1.58. The zero-order valence-corrected chi connectivity index (χ0v) is 15.7. The van der Waals surface area contributed by atoms with Gasteiger partial charge >= 0.3 is 0 Å². The van der Waals surface area contributed by atoms with Crippen LogP contribution < -0.4 is 15.4 Å². The van der Waals surface area contributed by atoms with Gasteiger partial charge in [0.05, 0.1) is 23.4 Å². The number of hydrogen-bond acceptors (Lipinski definition) is 4. The van der Waals surface area contributed by atoms with Crippen molar-refractivity contribution in [2.45, 2.75) is 18.5 Å². The Labute approximate surface area is 162 Å². The Bertz CT molecular complexity index is 907. The largest absolute Gasteiger partial charge is 0.497 e. The molecule has 4 rings (SSSR count). The van der Waals surface area contributed by atoms with Crippen LogP contribution in [0.2, 0.25) is 5.02 Å². The molecule has 140 valence electrons. The van der Waals surface area contributed by atoms with Gasteiger partial charge in [-0.05, 0) is 30.3 Å². The monoisotopic (exact) mass is 385 g/mol. The van der Waals surface area contributed by atoms with Crippen molar-refractivity contribution in [2.24, 2.45) is 0 Å². The van der Waals surface area contributed by atoms with Crippen molar-refractivity contribution < 1.29 is 14.3 Å². The van der Waals surface area contributed by atoms with Gasteiger partial charge in [-0.15, -0.1) is 0 Å². The molecule has 2 amide bonds. The number of methoxy groups -OCH3 is 1. The first kappa shape index (κ1) is 17.7. The van der Waals surface area contributed by atoms with Crippen LogP contribution in [0, 0.1) is 0 Å². The normalized spacial score (nSPS) is 17.7. The van der Waals surface area contributed by atoms with Gasteiger partial charge in [-0.1, -0.05) is 23.7 Å². The van der Waals surface area contributed by atoms with Gasteiger partial charge in [-0.3, -0.25) is 9.59 Å². The van der Waals surface area contributed by atoms with E-state index in [-0.39, 0.29) is 11.8 Å². The molecule has 1 spiro atoms. The average Bonchev–Trinajstić information content (AvgIpc) is 2.68. The van der Waals surface area contributed by atoms with Crippen molar-refractivity contribution in [2.75, 3.05) is 25.5 Å². The van der Waals surface area contributed by atoms with Crippen LogP contribution in [0.5, 0.6) is 5.75 Å². The first-order valence-corrected chi connectivity index (χ1v) is 9.22. The molecule has 1 saturated heterocycles. The second-order valence-corrected chi connectivity index (χ2v) is 7.25. The molecule has 2 aliphatic rings. The molecule has 2 aliphatic heterocycles. The fourth-order valence-corrected chi connectivity index (χ4v) is 3.97. The van der Waals surface area contributed by atoms with Crippen molar-refractivity contribution >= 4 is 29.1 Å². The number of ether oxygens (including phenoxy) is 1. The number of carbonyl (C=O) groups excluding carboxylic acids is 2. The standard InChI is InChI=1S/C20H20ClN3O3/c1-27-14-5-2-4-13(12-14)19(26)24-10-8-20(9-11-24)22-16-7-3-6-15(21)17(16)18(25)23-20/h2-7,12,22H,8-11H2,1H3,(H,23,25). The molecule has 2 aromatic carbocycles. The third-order valence-electron chi connectivity index (χ3n) is 5.19. The van der Waals surface area contributed by atoms with Crippen molar-refractivity contribution in [1.82, 2.24) is 10.2 Å². The van der Waals surface area contributed by atoms with Crippen molar-refractivity contribution in [3.63, 3.8) is 0 Å². The van der Waals surface area contributed by atoms with E-state index in [1.807, 2.05) is 18.2 Å². The molecule has 2 heterocycles. The molecule has 2 aromatic rings. The van der Waals surface area contributed by atoms with Gasteiger partial charge in [0, 0.05) is 31.5 Å². The highest BCUT2D eigenvalue weighted by molar-refractivity contribution is 6.34. The van der Waals surface area contributed by atoms with Crippen LogP contribution in [0.15, 0.2) is 42.5 Å². The number of halogens is 1. The van der Waals surface area contributed by atoms with E-state index in [4.69, 9.17) is 16.3 Å². The second kappa shape index (κ2) is 6.78. The van der Waals surface area contributed by atoms with Crippen LogP contribution in [0.25, 0.3) is 0 Å². The first-order chi connectivity index (χ1) is 13.0. The van der Waals surface area contributed by atoms with Crippen molar-refractivity contribution in [1.29, 1.82) is 0 Å². The lowest BCUT2D eigenvalue weighted by Crippen LogP contribution is -2.62. The summed E-state index contributed by atoms with van der Waals surface area (Å²) < 4.78 is 5.20. The Morgan fingerprint density at radius 3 is 2.63 bits per heavy atom. The summed E-state index contributed by atoms with van der Waals surface area (Å²) in [5.74, 6) is 0.445. The fraction of sp³-hybridized carbons (Fsp3) is 0.300. The summed E-state index contributed by atoms with van der Waals surface area (Å²) in [6.07, 6.45) is 1.22. The topological polar surface area (TPSA) is 70.7 Å². The summed E-state index contributed by atoms with van der Waals surface area (Å²) in [5.41, 5.74) is 1.25. The summed E-state index contributed by atoms with van der Waals surface area (Å²) in [4.78, 5) is 27.2. The zero-order chi connectivity index (χ0) is 19.0. The molecule has 6 nitrogen and oxygen atoms in total. The SMILES string of the molecule is COc1cccc(C(=O)N2CCC3(CC2)NC(=O)c2c(Cl)cccc2N3)c1. The molecule has 0 atom stereocenters. The number of piperidine rings is 1. The maximum Gasteiger partial charge on any atom is 0.256 e. The lowest BCUT2D eigenvalue weighted by Gasteiger charge is -2.46. The minimum absolute atomic E-state index is 0.0330. The number of hydrogen-bond donors (Lipinski definition) is 2. The van der Waals surface area contributed by atoms with Crippen LogP contribution in [0.3, 0.4) is 0 Å². The number of anilines is 1. The molecule has 0 saturated carbocycles. The summed E-state index contributed by atoms with van der Waals surface area (Å²) in [6, 6.07) is 12.5. The highest BCUT2D eigenvalue weighted by atomic mass is 35.5. The van der Waals surface area contributed by atoms with Crippen LogP contribution in [-0.2, 0) is 0 Å². The van der Waals surface area contributed by atoms with Crippen LogP contribution in [-0.4, -0.2) is 42.6 Å². The quantitative estimate of drug-likeness (QED) is 0.833. The number of rotatable bonds is 2. The van der Waals surface area contributed by atoms with Gasteiger partial charge < -0.3 is 20.3 Å². The van der Waals surface area contributed by atoms with E-state index in [0.29, 0.717) is 47.8 Å². The number of benzene rings is 2. The van der Waals surface area contributed by atoms with Crippen LogP contribution in [0.4, 0.5) is 5.69 Å². The van der Waals surface area contributed by atoms with Crippen LogP contribution >= 0.6 is 11.6 Å². The molecular formula is C20H20ClN3O3. The Balaban J connectivity index is 1.49. The van der Waals surface area contributed by atoms with E-state index in [1.165, 1.54) is 0 Å². The minimum atomic E-state index is -0.556. The Kier molecular flexibility index (Phi) is 4.44. The Morgan fingerprint density at radius 2 is 1.89 bits per heavy atom. The van der Waals surface area contributed by atoms with Gasteiger partial charge in [0.1, 0.15) is 11.4 Å². The van der Waals surface area contributed by atoms with E-state index < -0.39 is 5.66 Å². The molecule has 2 N–H and O–H groups in total. The van der Waals surface area contributed by atoms with E-state index in [1.54, 1.807) is 36.3 Å². The molecule has 0 radical (unpaired) electrons. The number of carbonyl (C=O) groups is 2. The molecular weight excluding hydrogens is 366 g/mol. The molecule has 27 heavy (non-hydrogen) atoms. The first-order valence-electron chi connectivity index (χ1n) is 8.84. The minimum Gasteiger partial charge on any atom is -0.497 e. The Hall–Kier alpha value is -2.73. The molecule has 7 heteroatoms. The number of nitrogens with zero attached hydrogens (tertiary/aromatic N) is 1. The Morgan fingerprint density at radius 1 is 1.15 bits per heavy atom. The summed E-state index contributed by atoms with van der Waals surface area (Å²) in [5, 5.41) is 6.91. The van der Waals surface area contributed by atoms with Gasteiger partial charge in [0.15, 0.2) is 0 Å². The molecule has 0 aromatic heterocycles. The predicted octanol–water partition coefficient (Wildman–Crippen LogP) is 3.14. The van der Waals surface area contributed by atoms with E-state index in [9.17, 15) is 9.59 Å². The highest BCUT2D eigenvalue weighted by Crippen LogP contribution is 2.34. The predicted molar refractivity (Wildman–Crippen MR) is 103 cm³/mol. The third kappa shape index (κ3) is 3.21. The maximum atomic E-state index is 12.8. The molecule has 0 unspecified atom stereocenters. The van der Waals surface area contributed by atoms with Gasteiger partial charge in [0.2, 0.25) is 0 Å². The molecule has 0 aliphatic carbocycles. The van der Waals surface area contributed by atoms with Crippen LogP contribution in [0.1, 0.15) is 33.6 Å². The lowest BCUT2D eigenvalue weighted by molar-refractivity contribution is 0.0639.